The summed E-state index contributed by atoms with van der Waals surface area (Å²) in [6.45, 7) is 7.90. The molecule has 0 spiro atoms. The molecule has 0 unspecified atom stereocenters. The van der Waals surface area contributed by atoms with Crippen LogP contribution in [0.5, 0.6) is 0 Å². The van der Waals surface area contributed by atoms with Crippen LogP contribution >= 0.6 is 42.1 Å². The number of rotatable bonds is 7. The smallest absolute Gasteiger partial charge is 0.310 e. The Morgan fingerprint density at radius 3 is 2.67 bits per heavy atom. The first-order valence-corrected chi connectivity index (χ1v) is 13.7. The summed E-state index contributed by atoms with van der Waals surface area (Å²) >= 11 is 3.71. The molecule has 1 heterocycles. The summed E-state index contributed by atoms with van der Waals surface area (Å²) in [7, 11) is 1.63. The SMILES string of the molecule is CCOC(=O)Cc1c(C)c2c(c(C)c1SI)CN(Sc1ccccc1[N+](=O)[O-])CC2. The van der Waals surface area contributed by atoms with Gasteiger partial charge in [-0.2, -0.15) is 0 Å². The number of hydrogen-bond donors (Lipinski definition) is 0. The molecule has 0 saturated carbocycles. The highest BCUT2D eigenvalue weighted by Crippen LogP contribution is 2.42. The molecule has 0 bridgehead atoms. The molecule has 0 N–H and O–H groups in total. The molecule has 1 aliphatic heterocycles. The van der Waals surface area contributed by atoms with Crippen LogP contribution in [0.2, 0.25) is 0 Å². The van der Waals surface area contributed by atoms with E-state index in [0.29, 0.717) is 18.0 Å². The van der Waals surface area contributed by atoms with Crippen LogP contribution in [-0.2, 0) is 28.9 Å². The summed E-state index contributed by atoms with van der Waals surface area (Å²) < 4.78 is 7.37. The Kier molecular flexibility index (Phi) is 8.05. The molecule has 6 nitrogen and oxygen atoms in total. The lowest BCUT2D eigenvalue weighted by molar-refractivity contribution is -0.387. The second-order valence-corrected chi connectivity index (χ2v) is 10.0. The van der Waals surface area contributed by atoms with Crippen LogP contribution in [0.25, 0.3) is 0 Å². The fourth-order valence-corrected chi connectivity index (χ4v) is 7.16. The first-order valence-electron chi connectivity index (χ1n) is 9.61. The summed E-state index contributed by atoms with van der Waals surface area (Å²) in [5, 5.41) is 11.3. The number of fused-ring (bicyclic) bond motifs is 1. The van der Waals surface area contributed by atoms with Gasteiger partial charge in [0, 0.05) is 45.3 Å². The van der Waals surface area contributed by atoms with Crippen molar-refractivity contribution in [3.63, 3.8) is 0 Å². The zero-order valence-corrected chi connectivity index (χ0v) is 20.9. The molecule has 0 saturated heterocycles. The van der Waals surface area contributed by atoms with Crippen LogP contribution < -0.4 is 0 Å². The Labute approximate surface area is 197 Å². The van der Waals surface area contributed by atoms with Gasteiger partial charge in [0.1, 0.15) is 4.90 Å². The lowest BCUT2D eigenvalue weighted by atomic mass is 9.88. The molecule has 160 valence electrons. The van der Waals surface area contributed by atoms with E-state index in [1.807, 2.05) is 13.0 Å². The maximum absolute atomic E-state index is 12.2. The number of ether oxygens (including phenoxy) is 1. The van der Waals surface area contributed by atoms with Gasteiger partial charge < -0.3 is 4.74 Å². The monoisotopic (exact) mass is 558 g/mol. The van der Waals surface area contributed by atoms with Crippen LogP contribution in [0.3, 0.4) is 0 Å². The van der Waals surface area contributed by atoms with Gasteiger partial charge >= 0.3 is 5.97 Å². The Morgan fingerprint density at radius 2 is 2.00 bits per heavy atom. The standard InChI is InChI=1S/C21H23IN2O4S2/c1-4-28-20(25)11-16-13(2)15-9-10-23(12-17(15)14(3)21(16)29-22)30-19-8-6-5-7-18(19)24(26)27/h5-8H,4,9-12H2,1-3H3. The first-order chi connectivity index (χ1) is 14.4. The first kappa shape index (κ1) is 23.4. The van der Waals surface area contributed by atoms with E-state index in [4.69, 9.17) is 4.74 Å². The lowest BCUT2D eigenvalue weighted by Crippen LogP contribution is -2.27. The molecule has 2 aromatic carbocycles. The van der Waals surface area contributed by atoms with Crippen LogP contribution in [0, 0.1) is 24.0 Å². The minimum absolute atomic E-state index is 0.134. The molecule has 0 amide bonds. The maximum Gasteiger partial charge on any atom is 0.310 e. The van der Waals surface area contributed by atoms with Crippen molar-refractivity contribution in [2.75, 3.05) is 13.2 Å². The van der Waals surface area contributed by atoms with Gasteiger partial charge in [-0.05, 0) is 73.0 Å². The summed E-state index contributed by atoms with van der Waals surface area (Å²) in [6, 6.07) is 6.86. The quantitative estimate of drug-likeness (QED) is 0.139. The second-order valence-electron chi connectivity index (χ2n) is 7.00. The zero-order chi connectivity index (χ0) is 21.8. The number of nitro benzene ring substituents is 1. The zero-order valence-electron chi connectivity index (χ0n) is 17.1. The number of nitrogens with zero attached hydrogens (tertiary/aromatic N) is 2. The second kappa shape index (κ2) is 10.3. The number of esters is 1. The fourth-order valence-electron chi connectivity index (χ4n) is 3.79. The predicted molar refractivity (Wildman–Crippen MR) is 129 cm³/mol. The highest BCUT2D eigenvalue weighted by Gasteiger charge is 2.27. The third-order valence-electron chi connectivity index (χ3n) is 5.28. The Bertz CT molecular complexity index is 984. The van der Waals surface area contributed by atoms with Crippen molar-refractivity contribution in [2.45, 2.75) is 49.9 Å². The van der Waals surface area contributed by atoms with Crippen LogP contribution in [0.4, 0.5) is 5.69 Å². The number of para-hydroxylation sites is 1. The molecule has 2 aromatic rings. The molecule has 30 heavy (non-hydrogen) atoms. The van der Waals surface area contributed by atoms with Gasteiger partial charge in [0.2, 0.25) is 0 Å². The van der Waals surface area contributed by atoms with E-state index in [1.54, 1.807) is 27.1 Å². The number of nitro groups is 1. The summed E-state index contributed by atoms with van der Waals surface area (Å²) in [6.07, 6.45) is 1.13. The van der Waals surface area contributed by atoms with Crippen molar-refractivity contribution in [1.82, 2.24) is 4.31 Å². The highest BCUT2D eigenvalue weighted by atomic mass is 127. The van der Waals surface area contributed by atoms with Crippen LogP contribution in [-0.4, -0.2) is 28.3 Å². The minimum atomic E-state index is -0.331. The number of carbonyl (C=O) groups excluding carboxylic acids is 1. The van der Waals surface area contributed by atoms with Gasteiger partial charge in [-0.3, -0.25) is 14.9 Å². The summed E-state index contributed by atoms with van der Waals surface area (Å²) in [5.41, 5.74) is 6.09. The fraction of sp³-hybridized carbons (Fsp3) is 0.381. The van der Waals surface area contributed by atoms with Gasteiger partial charge in [-0.25, -0.2) is 4.31 Å². The molecule has 1 aliphatic rings. The van der Waals surface area contributed by atoms with E-state index in [2.05, 4.69) is 39.4 Å². The normalized spacial score (nSPS) is 13.7. The molecule has 0 atom stereocenters. The lowest BCUT2D eigenvalue weighted by Gasteiger charge is -2.32. The topological polar surface area (TPSA) is 72.7 Å². The molecular weight excluding hydrogens is 535 g/mol. The van der Waals surface area contributed by atoms with E-state index in [-0.39, 0.29) is 23.0 Å². The van der Waals surface area contributed by atoms with Gasteiger partial charge in [-0.15, -0.1) is 0 Å². The number of carbonyl (C=O) groups is 1. The Hall–Kier alpha value is -1.30. The number of hydrogen-bond acceptors (Lipinski definition) is 7. The van der Waals surface area contributed by atoms with Gasteiger partial charge in [-0.1, -0.05) is 21.1 Å². The Morgan fingerprint density at radius 1 is 1.27 bits per heavy atom. The molecule has 9 heteroatoms. The van der Waals surface area contributed by atoms with Crippen molar-refractivity contribution in [2.24, 2.45) is 0 Å². The van der Waals surface area contributed by atoms with E-state index < -0.39 is 0 Å². The predicted octanol–water partition coefficient (Wildman–Crippen LogP) is 5.82. The van der Waals surface area contributed by atoms with Gasteiger partial charge in [0.15, 0.2) is 0 Å². The van der Waals surface area contributed by atoms with Crippen molar-refractivity contribution in [3.8, 4) is 0 Å². The number of halogens is 1. The van der Waals surface area contributed by atoms with E-state index in [1.165, 1.54) is 28.6 Å². The molecule has 0 fully saturated rings. The minimum Gasteiger partial charge on any atom is -0.466 e. The molecule has 0 aromatic heterocycles. The average Bonchev–Trinajstić information content (AvgIpc) is 2.72. The van der Waals surface area contributed by atoms with E-state index in [0.717, 1.165) is 29.0 Å². The number of benzene rings is 2. The third kappa shape index (κ3) is 4.95. The molecular formula is C21H23IN2O4S2. The maximum atomic E-state index is 12.2. The highest BCUT2D eigenvalue weighted by molar-refractivity contribution is 14.2. The summed E-state index contributed by atoms with van der Waals surface area (Å²) in [5.74, 6) is -0.198. The van der Waals surface area contributed by atoms with Gasteiger partial charge in [0.05, 0.1) is 18.0 Å². The van der Waals surface area contributed by atoms with Gasteiger partial charge in [0.25, 0.3) is 5.69 Å². The van der Waals surface area contributed by atoms with Crippen molar-refractivity contribution in [3.05, 3.63) is 62.2 Å². The van der Waals surface area contributed by atoms with Crippen LogP contribution in [0.15, 0.2) is 34.1 Å². The molecule has 0 aliphatic carbocycles. The molecule has 0 radical (unpaired) electrons. The van der Waals surface area contributed by atoms with Crippen LogP contribution in [0.1, 0.15) is 34.7 Å². The molecule has 3 rings (SSSR count). The third-order valence-corrected chi connectivity index (χ3v) is 8.42. The Balaban J connectivity index is 1.91. The van der Waals surface area contributed by atoms with E-state index >= 15 is 0 Å². The van der Waals surface area contributed by atoms with E-state index in [9.17, 15) is 14.9 Å². The largest absolute Gasteiger partial charge is 0.466 e. The van der Waals surface area contributed by atoms with Crippen molar-refractivity contribution >= 4 is 53.7 Å². The van der Waals surface area contributed by atoms with Crippen molar-refractivity contribution in [1.29, 1.82) is 0 Å². The summed E-state index contributed by atoms with van der Waals surface area (Å²) in [4.78, 5) is 24.9. The van der Waals surface area contributed by atoms with Crippen molar-refractivity contribution < 1.29 is 14.5 Å². The average molecular weight is 558 g/mol.